The zero-order chi connectivity index (χ0) is 22.4. The number of sulfone groups is 1. The minimum atomic E-state index is -3.05. The third kappa shape index (κ3) is 6.09. The van der Waals surface area contributed by atoms with Crippen molar-refractivity contribution in [2.45, 2.75) is 31.3 Å². The van der Waals surface area contributed by atoms with Crippen LogP contribution in [0.1, 0.15) is 30.4 Å². The van der Waals surface area contributed by atoms with E-state index in [2.05, 4.69) is 11.0 Å². The van der Waals surface area contributed by atoms with Crippen molar-refractivity contribution in [2.24, 2.45) is 0 Å². The van der Waals surface area contributed by atoms with Crippen molar-refractivity contribution in [3.63, 3.8) is 0 Å². The van der Waals surface area contributed by atoms with Gasteiger partial charge in [0.2, 0.25) is 0 Å². The first-order chi connectivity index (χ1) is 14.8. The molecule has 2 fully saturated rings. The second-order valence-corrected chi connectivity index (χ2v) is 10.2. The van der Waals surface area contributed by atoms with Crippen LogP contribution in [-0.4, -0.2) is 81.3 Å². The van der Waals surface area contributed by atoms with Gasteiger partial charge in [0.25, 0.3) is 0 Å². The minimum Gasteiger partial charge on any atom is -0.491 e. The molecular formula is C21H26N4O5S. The molecule has 0 aliphatic carbocycles. The molecule has 2 bridgehead atoms. The molecule has 2 aliphatic rings. The summed E-state index contributed by atoms with van der Waals surface area (Å²) in [4.78, 5) is 16.4. The number of fused-ring (bicyclic) bond motifs is 2. The van der Waals surface area contributed by atoms with E-state index in [4.69, 9.17) is 14.7 Å². The summed E-state index contributed by atoms with van der Waals surface area (Å²) in [5, 5.41) is 18.2. The molecule has 3 rings (SSSR count). The van der Waals surface area contributed by atoms with Crippen molar-refractivity contribution in [3.8, 4) is 17.9 Å². The van der Waals surface area contributed by atoms with Crippen LogP contribution in [0, 0.1) is 22.7 Å². The summed E-state index contributed by atoms with van der Waals surface area (Å²) in [5.74, 6) is 0.469. The number of likely N-dealkylation sites (tertiary alicyclic amines) is 1. The van der Waals surface area contributed by atoms with E-state index >= 15 is 0 Å². The maximum atomic E-state index is 12.3. The fourth-order valence-corrected chi connectivity index (χ4v) is 4.79. The molecule has 2 aliphatic heterocycles. The van der Waals surface area contributed by atoms with Gasteiger partial charge in [-0.15, -0.1) is 0 Å². The molecule has 0 radical (unpaired) electrons. The van der Waals surface area contributed by atoms with Crippen LogP contribution in [0.25, 0.3) is 0 Å². The summed E-state index contributed by atoms with van der Waals surface area (Å²) in [6.45, 7) is 2.32. The summed E-state index contributed by atoms with van der Waals surface area (Å²) in [7, 11) is -3.05. The maximum absolute atomic E-state index is 12.3. The molecule has 0 N–H and O–H groups in total. The van der Waals surface area contributed by atoms with Gasteiger partial charge in [-0.1, -0.05) is 0 Å². The van der Waals surface area contributed by atoms with E-state index in [1.54, 1.807) is 17.0 Å². The number of rotatable bonds is 8. The molecule has 10 heteroatoms. The second kappa shape index (κ2) is 9.99. The van der Waals surface area contributed by atoms with Gasteiger partial charge in [-0.2, -0.15) is 10.5 Å². The standard InChI is InChI=1S/C21H26N4O5S/c1-31(27,28)10-2-8-30-21(26)24-14-18-4-5-19(15-24)25(18)7-9-29-20-6-3-16(12-22)11-17(20)13-23/h3,6,11,18-19H,2,4-5,7-10,14-15H2,1H3. The third-order valence-electron chi connectivity index (χ3n) is 5.61. The topological polar surface area (TPSA) is 124 Å². The molecule has 2 heterocycles. The second-order valence-electron chi connectivity index (χ2n) is 7.91. The predicted molar refractivity (Wildman–Crippen MR) is 112 cm³/mol. The molecule has 1 aromatic rings. The van der Waals surface area contributed by atoms with Gasteiger partial charge in [0.15, 0.2) is 0 Å². The largest absolute Gasteiger partial charge is 0.491 e. The molecule has 1 aromatic carbocycles. The lowest BCUT2D eigenvalue weighted by molar-refractivity contribution is 0.0400. The molecular weight excluding hydrogens is 420 g/mol. The molecule has 1 amide bonds. The summed E-state index contributed by atoms with van der Waals surface area (Å²) in [6.07, 6.45) is 3.05. The molecule has 31 heavy (non-hydrogen) atoms. The Kier molecular flexibility index (Phi) is 7.37. The highest BCUT2D eigenvalue weighted by molar-refractivity contribution is 7.90. The van der Waals surface area contributed by atoms with Crippen molar-refractivity contribution in [1.29, 1.82) is 10.5 Å². The first-order valence-corrected chi connectivity index (χ1v) is 12.3. The van der Waals surface area contributed by atoms with E-state index in [0.717, 1.165) is 19.1 Å². The van der Waals surface area contributed by atoms with Crippen LogP contribution in [0.4, 0.5) is 4.79 Å². The molecule has 2 atom stereocenters. The average molecular weight is 447 g/mol. The third-order valence-corrected chi connectivity index (χ3v) is 6.64. The molecule has 9 nitrogen and oxygen atoms in total. The maximum Gasteiger partial charge on any atom is 0.409 e. The van der Waals surface area contributed by atoms with Crippen molar-refractivity contribution < 1.29 is 22.7 Å². The van der Waals surface area contributed by atoms with Crippen molar-refractivity contribution in [2.75, 3.05) is 44.9 Å². The van der Waals surface area contributed by atoms with Gasteiger partial charge in [0.1, 0.15) is 28.3 Å². The van der Waals surface area contributed by atoms with E-state index in [9.17, 15) is 18.5 Å². The zero-order valence-electron chi connectivity index (χ0n) is 17.5. The summed E-state index contributed by atoms with van der Waals surface area (Å²) < 4.78 is 33.3. The van der Waals surface area contributed by atoms with Gasteiger partial charge in [-0.05, 0) is 37.5 Å². The normalized spacial score (nSPS) is 20.7. The molecule has 2 unspecified atom stereocenters. The van der Waals surface area contributed by atoms with Crippen LogP contribution < -0.4 is 4.74 Å². The fraction of sp³-hybridized carbons (Fsp3) is 0.571. The Balaban J connectivity index is 1.46. The van der Waals surface area contributed by atoms with Crippen LogP contribution in [0.5, 0.6) is 5.75 Å². The van der Waals surface area contributed by atoms with Gasteiger partial charge in [0, 0.05) is 38.0 Å². The quantitative estimate of drug-likeness (QED) is 0.551. The Bertz CT molecular complexity index is 984. The van der Waals surface area contributed by atoms with E-state index in [1.807, 2.05) is 6.07 Å². The Hall–Kier alpha value is -2.82. The van der Waals surface area contributed by atoms with Gasteiger partial charge in [-0.25, -0.2) is 13.2 Å². The first kappa shape index (κ1) is 22.9. The van der Waals surface area contributed by atoms with Crippen molar-refractivity contribution in [3.05, 3.63) is 29.3 Å². The zero-order valence-corrected chi connectivity index (χ0v) is 18.3. The number of hydrogen-bond donors (Lipinski definition) is 0. The van der Waals surface area contributed by atoms with Crippen LogP contribution in [0.2, 0.25) is 0 Å². The Morgan fingerprint density at radius 1 is 1.16 bits per heavy atom. The van der Waals surface area contributed by atoms with E-state index < -0.39 is 15.9 Å². The lowest BCUT2D eigenvalue weighted by Gasteiger charge is -2.40. The van der Waals surface area contributed by atoms with E-state index in [0.29, 0.717) is 49.5 Å². The van der Waals surface area contributed by atoms with Crippen LogP contribution >= 0.6 is 0 Å². The molecule has 166 valence electrons. The monoisotopic (exact) mass is 446 g/mol. The number of ether oxygens (including phenoxy) is 2. The van der Waals surface area contributed by atoms with Crippen LogP contribution in [0.3, 0.4) is 0 Å². The number of hydrogen-bond acceptors (Lipinski definition) is 8. The smallest absolute Gasteiger partial charge is 0.409 e. The lowest BCUT2D eigenvalue weighted by atomic mass is 10.1. The van der Waals surface area contributed by atoms with Crippen LogP contribution in [0.15, 0.2) is 18.2 Å². The molecule has 0 spiro atoms. The summed E-state index contributed by atoms with van der Waals surface area (Å²) in [5.41, 5.74) is 0.756. The number of nitrogens with zero attached hydrogens (tertiary/aromatic N) is 4. The summed E-state index contributed by atoms with van der Waals surface area (Å²) in [6, 6.07) is 9.29. The molecule has 2 saturated heterocycles. The number of benzene rings is 1. The number of carbonyl (C=O) groups is 1. The first-order valence-electron chi connectivity index (χ1n) is 10.2. The average Bonchev–Trinajstić information content (AvgIpc) is 2.97. The number of nitriles is 2. The van der Waals surface area contributed by atoms with Gasteiger partial charge < -0.3 is 14.4 Å². The Morgan fingerprint density at radius 3 is 2.48 bits per heavy atom. The number of carbonyl (C=O) groups excluding carboxylic acids is 1. The van der Waals surface area contributed by atoms with E-state index in [-0.39, 0.29) is 24.4 Å². The van der Waals surface area contributed by atoms with E-state index in [1.165, 1.54) is 6.07 Å². The van der Waals surface area contributed by atoms with Gasteiger partial charge in [0.05, 0.1) is 29.6 Å². The highest BCUT2D eigenvalue weighted by atomic mass is 32.2. The van der Waals surface area contributed by atoms with Gasteiger partial charge in [-0.3, -0.25) is 4.90 Å². The highest BCUT2D eigenvalue weighted by Crippen LogP contribution is 2.30. The number of piperazine rings is 1. The van der Waals surface area contributed by atoms with Crippen molar-refractivity contribution >= 4 is 15.9 Å². The Morgan fingerprint density at radius 2 is 1.87 bits per heavy atom. The minimum absolute atomic E-state index is 0.00601. The Labute approximate surface area is 182 Å². The number of amides is 1. The summed E-state index contributed by atoms with van der Waals surface area (Å²) >= 11 is 0. The van der Waals surface area contributed by atoms with Crippen molar-refractivity contribution in [1.82, 2.24) is 9.80 Å². The lowest BCUT2D eigenvalue weighted by Crippen LogP contribution is -2.56. The predicted octanol–water partition coefficient (Wildman–Crippen LogP) is 1.53. The highest BCUT2D eigenvalue weighted by Gasteiger charge is 2.41. The molecule has 0 saturated carbocycles. The van der Waals surface area contributed by atoms with Crippen LogP contribution in [-0.2, 0) is 14.6 Å². The SMILES string of the molecule is CS(=O)(=O)CCCOC(=O)N1CC2CCC(C1)N2CCOc1ccc(C#N)cc1C#N. The molecule has 0 aromatic heterocycles. The fourth-order valence-electron chi connectivity index (χ4n) is 4.15. The van der Waals surface area contributed by atoms with Gasteiger partial charge >= 0.3 is 6.09 Å².